The van der Waals surface area contributed by atoms with Gasteiger partial charge in [-0.2, -0.15) is 0 Å². The topological polar surface area (TPSA) is 20.2 Å². The van der Waals surface area contributed by atoms with E-state index >= 15 is 0 Å². The number of halogens is 1. The second-order valence-electron chi connectivity index (χ2n) is 2.16. The first-order valence-electron chi connectivity index (χ1n) is 2.86. The van der Waals surface area contributed by atoms with Crippen LogP contribution in [0.4, 0.5) is 4.39 Å². The van der Waals surface area contributed by atoms with E-state index in [1.807, 2.05) is 0 Å². The van der Waals surface area contributed by atoms with Crippen molar-refractivity contribution in [1.29, 1.82) is 0 Å². The Hall–Kier alpha value is -0.985. The minimum atomic E-state index is -0.423. The van der Waals surface area contributed by atoms with Crippen molar-refractivity contribution in [1.82, 2.24) is 0 Å². The van der Waals surface area contributed by atoms with Crippen LogP contribution in [0.2, 0.25) is 0 Å². The number of aryl methyl sites for hydroxylation is 1. The van der Waals surface area contributed by atoms with E-state index in [2.05, 4.69) is 0 Å². The quantitative estimate of drug-likeness (QED) is 0.518. The number of hydrogen-bond acceptors (Lipinski definition) is 1. The van der Waals surface area contributed by atoms with E-state index in [1.165, 1.54) is 6.07 Å². The highest BCUT2D eigenvalue weighted by atomic mass is 19.1. The van der Waals surface area contributed by atoms with E-state index in [1.54, 1.807) is 6.92 Å². The summed E-state index contributed by atoms with van der Waals surface area (Å²) in [5.74, 6) is -0.464. The minimum absolute atomic E-state index is 0.0404. The van der Waals surface area contributed by atoms with Gasteiger partial charge in [-0.05, 0) is 24.6 Å². The summed E-state index contributed by atoms with van der Waals surface area (Å²) >= 11 is 0. The Morgan fingerprint density at radius 1 is 1.50 bits per heavy atom. The molecule has 2 radical (unpaired) electrons. The van der Waals surface area contributed by atoms with Crippen LogP contribution in [-0.2, 0) is 0 Å². The molecule has 0 saturated heterocycles. The molecule has 0 spiro atoms. The van der Waals surface area contributed by atoms with Crippen LogP contribution >= 0.6 is 0 Å². The molecule has 0 aliphatic heterocycles. The van der Waals surface area contributed by atoms with Gasteiger partial charge in [0.2, 0.25) is 0 Å². The van der Waals surface area contributed by atoms with Gasteiger partial charge >= 0.3 is 0 Å². The van der Waals surface area contributed by atoms with Crippen LogP contribution in [0.25, 0.3) is 0 Å². The fourth-order valence-corrected chi connectivity index (χ4v) is 0.761. The van der Waals surface area contributed by atoms with Gasteiger partial charge in [0.25, 0.3) is 0 Å². The first kappa shape index (κ1) is 7.13. The molecule has 50 valence electrons. The standard InChI is InChI=1S/C7H6BFO/c1-4-2-5(9)3-6(8)7(4)10/h2-3,10H,1H3. The largest absolute Gasteiger partial charge is 0.508 e. The van der Waals surface area contributed by atoms with Crippen molar-refractivity contribution in [3.8, 4) is 5.75 Å². The SMILES string of the molecule is [B]c1cc(F)cc(C)c1O. The summed E-state index contributed by atoms with van der Waals surface area (Å²) in [5, 5.41) is 9.04. The maximum Gasteiger partial charge on any atom is 0.123 e. The van der Waals surface area contributed by atoms with Crippen LogP contribution in [0.5, 0.6) is 5.75 Å². The third kappa shape index (κ3) is 1.13. The molecule has 0 amide bonds. The van der Waals surface area contributed by atoms with Crippen LogP contribution in [0.1, 0.15) is 5.56 Å². The molecule has 0 atom stereocenters. The third-order valence-electron chi connectivity index (χ3n) is 1.29. The van der Waals surface area contributed by atoms with Crippen LogP contribution in [0, 0.1) is 12.7 Å². The number of phenolic OH excluding ortho intramolecular Hbond substituents is 1. The zero-order chi connectivity index (χ0) is 7.72. The molecule has 0 heterocycles. The van der Waals surface area contributed by atoms with Crippen LogP contribution in [-0.4, -0.2) is 13.0 Å². The Morgan fingerprint density at radius 2 is 2.10 bits per heavy atom. The molecule has 1 nitrogen and oxygen atoms in total. The van der Waals surface area contributed by atoms with Gasteiger partial charge < -0.3 is 5.11 Å². The van der Waals surface area contributed by atoms with E-state index < -0.39 is 5.82 Å². The van der Waals surface area contributed by atoms with Crippen molar-refractivity contribution in [3.05, 3.63) is 23.5 Å². The Morgan fingerprint density at radius 3 is 2.60 bits per heavy atom. The first-order chi connectivity index (χ1) is 4.61. The Labute approximate surface area is 59.9 Å². The summed E-state index contributed by atoms with van der Waals surface area (Å²) in [6.45, 7) is 1.59. The highest BCUT2D eigenvalue weighted by Gasteiger charge is 2.00. The lowest BCUT2D eigenvalue weighted by Gasteiger charge is -2.01. The molecule has 0 bridgehead atoms. The van der Waals surface area contributed by atoms with Gasteiger partial charge in [-0.1, -0.05) is 5.46 Å². The first-order valence-corrected chi connectivity index (χ1v) is 2.86. The van der Waals surface area contributed by atoms with Crippen molar-refractivity contribution in [2.24, 2.45) is 0 Å². The van der Waals surface area contributed by atoms with Gasteiger partial charge in [0.15, 0.2) is 0 Å². The number of phenols is 1. The summed E-state index contributed by atoms with van der Waals surface area (Å²) in [7, 11) is 5.23. The third-order valence-corrected chi connectivity index (χ3v) is 1.29. The maximum absolute atomic E-state index is 12.4. The molecule has 0 aromatic heterocycles. The van der Waals surface area contributed by atoms with E-state index in [0.717, 1.165) is 6.07 Å². The summed E-state index contributed by atoms with van der Waals surface area (Å²) in [6.07, 6.45) is 0. The Kier molecular flexibility index (Phi) is 1.66. The number of hydrogen-bond donors (Lipinski definition) is 1. The lowest BCUT2D eigenvalue weighted by Crippen LogP contribution is -2.04. The lowest BCUT2D eigenvalue weighted by atomic mass is 9.93. The zero-order valence-corrected chi connectivity index (χ0v) is 5.56. The number of rotatable bonds is 0. The molecule has 3 heteroatoms. The number of benzene rings is 1. The molecule has 10 heavy (non-hydrogen) atoms. The summed E-state index contributed by atoms with van der Waals surface area (Å²) < 4.78 is 12.4. The molecular formula is C7H6BFO. The van der Waals surface area contributed by atoms with Crippen molar-refractivity contribution in [2.45, 2.75) is 6.92 Å². The Bertz CT molecular complexity index is 237. The van der Waals surface area contributed by atoms with Crippen molar-refractivity contribution >= 4 is 13.3 Å². The predicted molar refractivity (Wildman–Crippen MR) is 38.2 cm³/mol. The monoisotopic (exact) mass is 136 g/mol. The average molecular weight is 136 g/mol. The molecule has 1 rings (SSSR count). The van der Waals surface area contributed by atoms with Gasteiger partial charge in [0.1, 0.15) is 19.4 Å². The van der Waals surface area contributed by atoms with Crippen molar-refractivity contribution in [3.63, 3.8) is 0 Å². The smallest absolute Gasteiger partial charge is 0.123 e. The summed E-state index contributed by atoms with van der Waals surface area (Å²) in [5.41, 5.74) is 0.537. The van der Waals surface area contributed by atoms with Gasteiger partial charge in [0, 0.05) is 0 Å². The normalized spacial score (nSPS) is 9.80. The van der Waals surface area contributed by atoms with Crippen molar-refractivity contribution in [2.75, 3.05) is 0 Å². The molecular weight excluding hydrogens is 130 g/mol. The molecule has 0 fully saturated rings. The molecule has 0 aliphatic carbocycles. The van der Waals surface area contributed by atoms with Gasteiger partial charge in [-0.15, -0.1) is 0 Å². The van der Waals surface area contributed by atoms with E-state index in [0.29, 0.717) is 5.56 Å². The predicted octanol–water partition coefficient (Wildman–Crippen LogP) is 0.634. The zero-order valence-electron chi connectivity index (χ0n) is 5.56. The van der Waals surface area contributed by atoms with Crippen LogP contribution in [0.15, 0.2) is 12.1 Å². The van der Waals surface area contributed by atoms with Crippen molar-refractivity contribution < 1.29 is 9.50 Å². The van der Waals surface area contributed by atoms with E-state index in [-0.39, 0.29) is 11.2 Å². The van der Waals surface area contributed by atoms with E-state index in [4.69, 9.17) is 13.0 Å². The molecule has 1 N–H and O–H groups in total. The fourth-order valence-electron chi connectivity index (χ4n) is 0.761. The molecule has 0 aliphatic rings. The van der Waals surface area contributed by atoms with Crippen LogP contribution in [0.3, 0.4) is 0 Å². The average Bonchev–Trinajstić information content (AvgIpc) is 1.82. The number of aromatic hydroxyl groups is 1. The fraction of sp³-hybridized carbons (Fsp3) is 0.143. The molecule has 1 aromatic carbocycles. The molecule has 0 unspecified atom stereocenters. The van der Waals surface area contributed by atoms with Gasteiger partial charge in [-0.25, -0.2) is 4.39 Å². The Balaban J connectivity index is 3.31. The highest BCUT2D eigenvalue weighted by Crippen LogP contribution is 2.12. The molecule has 1 aromatic rings. The van der Waals surface area contributed by atoms with Gasteiger partial charge in [-0.3, -0.25) is 0 Å². The van der Waals surface area contributed by atoms with Gasteiger partial charge in [0.05, 0.1) is 0 Å². The maximum atomic E-state index is 12.4. The lowest BCUT2D eigenvalue weighted by molar-refractivity contribution is 0.473. The summed E-state index contributed by atoms with van der Waals surface area (Å²) in [4.78, 5) is 0. The molecule has 0 saturated carbocycles. The second-order valence-corrected chi connectivity index (χ2v) is 2.16. The highest BCUT2D eigenvalue weighted by molar-refractivity contribution is 6.34. The minimum Gasteiger partial charge on any atom is -0.508 e. The van der Waals surface area contributed by atoms with Crippen LogP contribution < -0.4 is 5.46 Å². The van der Waals surface area contributed by atoms with E-state index in [9.17, 15) is 4.39 Å². The summed E-state index contributed by atoms with van der Waals surface area (Å²) in [6, 6.07) is 2.31. The second kappa shape index (κ2) is 2.33.